The maximum atomic E-state index is 12.5. The first kappa shape index (κ1) is 13.2. The standard InChI is InChI=1S/C14H19ClN2O/c1-9-5-6-17(10(2)7-9)14(18)12-4-3-11(15)8-13(12)16/h3-4,8-10H,5-7,16H2,1-2H3. The van der Waals surface area contributed by atoms with E-state index in [1.165, 1.54) is 0 Å². The van der Waals surface area contributed by atoms with Gasteiger partial charge in [-0.2, -0.15) is 0 Å². The van der Waals surface area contributed by atoms with Gasteiger partial charge in [-0.15, -0.1) is 0 Å². The SMILES string of the molecule is CC1CCN(C(=O)c2ccc(Cl)cc2N)C(C)C1. The molecule has 3 nitrogen and oxygen atoms in total. The summed E-state index contributed by atoms with van der Waals surface area (Å²) >= 11 is 5.85. The fourth-order valence-corrected chi connectivity index (χ4v) is 2.77. The first-order valence-electron chi connectivity index (χ1n) is 6.35. The van der Waals surface area contributed by atoms with E-state index in [9.17, 15) is 4.79 Å². The Morgan fingerprint density at radius 3 is 2.78 bits per heavy atom. The molecular weight excluding hydrogens is 248 g/mol. The van der Waals surface area contributed by atoms with Gasteiger partial charge in [0, 0.05) is 23.3 Å². The fraction of sp³-hybridized carbons (Fsp3) is 0.500. The minimum atomic E-state index is 0.0172. The summed E-state index contributed by atoms with van der Waals surface area (Å²) in [6.07, 6.45) is 2.11. The third kappa shape index (κ3) is 2.61. The lowest BCUT2D eigenvalue weighted by Gasteiger charge is -2.36. The number of amides is 1. The Bertz CT molecular complexity index is 461. The number of carbonyl (C=O) groups is 1. The molecule has 1 amide bonds. The number of likely N-dealkylation sites (tertiary alicyclic amines) is 1. The second kappa shape index (κ2) is 5.19. The maximum absolute atomic E-state index is 12.5. The number of hydrogen-bond donors (Lipinski definition) is 1. The van der Waals surface area contributed by atoms with Crippen LogP contribution in [-0.2, 0) is 0 Å². The van der Waals surface area contributed by atoms with Gasteiger partial charge in [-0.25, -0.2) is 0 Å². The molecule has 0 saturated carbocycles. The Hall–Kier alpha value is -1.22. The van der Waals surface area contributed by atoms with Crippen LogP contribution in [0.1, 0.15) is 37.0 Å². The van der Waals surface area contributed by atoms with Gasteiger partial charge in [0.1, 0.15) is 0 Å². The van der Waals surface area contributed by atoms with E-state index in [1.807, 2.05) is 4.90 Å². The van der Waals surface area contributed by atoms with Crippen LogP contribution in [0.25, 0.3) is 0 Å². The lowest BCUT2D eigenvalue weighted by molar-refractivity contribution is 0.0590. The lowest BCUT2D eigenvalue weighted by atomic mass is 9.93. The Kier molecular flexibility index (Phi) is 3.81. The van der Waals surface area contributed by atoms with Gasteiger partial charge in [0.05, 0.1) is 5.56 Å². The molecule has 0 aliphatic carbocycles. The highest BCUT2D eigenvalue weighted by Crippen LogP contribution is 2.26. The van der Waals surface area contributed by atoms with Crippen molar-refractivity contribution in [3.05, 3.63) is 28.8 Å². The van der Waals surface area contributed by atoms with E-state index in [0.29, 0.717) is 22.2 Å². The number of hydrogen-bond acceptors (Lipinski definition) is 2. The highest BCUT2D eigenvalue weighted by molar-refractivity contribution is 6.31. The quantitative estimate of drug-likeness (QED) is 0.794. The molecule has 2 rings (SSSR count). The van der Waals surface area contributed by atoms with E-state index >= 15 is 0 Å². The number of anilines is 1. The summed E-state index contributed by atoms with van der Waals surface area (Å²) in [6, 6.07) is 5.33. The average Bonchev–Trinajstić information content (AvgIpc) is 2.28. The van der Waals surface area contributed by atoms with Crippen molar-refractivity contribution in [2.45, 2.75) is 32.7 Å². The van der Waals surface area contributed by atoms with Gasteiger partial charge < -0.3 is 10.6 Å². The molecule has 1 heterocycles. The van der Waals surface area contributed by atoms with Crippen LogP contribution >= 0.6 is 11.6 Å². The third-order valence-corrected chi connectivity index (χ3v) is 3.88. The first-order chi connectivity index (χ1) is 8.49. The van der Waals surface area contributed by atoms with Crippen LogP contribution in [0, 0.1) is 5.92 Å². The summed E-state index contributed by atoms with van der Waals surface area (Å²) in [5.41, 5.74) is 6.88. The van der Waals surface area contributed by atoms with Gasteiger partial charge in [-0.3, -0.25) is 4.79 Å². The van der Waals surface area contributed by atoms with Crippen LogP contribution in [0.4, 0.5) is 5.69 Å². The molecule has 0 bridgehead atoms. The zero-order valence-electron chi connectivity index (χ0n) is 10.8. The number of carbonyl (C=O) groups excluding carboxylic acids is 1. The number of nitrogen functional groups attached to an aromatic ring is 1. The predicted octanol–water partition coefficient (Wildman–Crippen LogP) is 3.18. The minimum absolute atomic E-state index is 0.0172. The molecule has 2 N–H and O–H groups in total. The summed E-state index contributed by atoms with van der Waals surface area (Å²) in [4.78, 5) is 14.4. The molecule has 18 heavy (non-hydrogen) atoms. The van der Waals surface area contributed by atoms with E-state index in [-0.39, 0.29) is 11.9 Å². The lowest BCUT2D eigenvalue weighted by Crippen LogP contribution is -2.44. The molecule has 1 aromatic carbocycles. The first-order valence-corrected chi connectivity index (χ1v) is 6.73. The molecule has 1 aliphatic heterocycles. The van der Waals surface area contributed by atoms with E-state index in [1.54, 1.807) is 18.2 Å². The van der Waals surface area contributed by atoms with Crippen molar-refractivity contribution in [1.82, 2.24) is 4.90 Å². The topological polar surface area (TPSA) is 46.3 Å². The van der Waals surface area contributed by atoms with Crippen LogP contribution < -0.4 is 5.73 Å². The second-order valence-electron chi connectivity index (χ2n) is 5.21. The Morgan fingerprint density at radius 1 is 1.44 bits per heavy atom. The summed E-state index contributed by atoms with van der Waals surface area (Å²) < 4.78 is 0. The van der Waals surface area contributed by atoms with E-state index in [0.717, 1.165) is 19.4 Å². The number of rotatable bonds is 1. The van der Waals surface area contributed by atoms with Crippen molar-refractivity contribution in [3.8, 4) is 0 Å². The average molecular weight is 267 g/mol. The van der Waals surface area contributed by atoms with E-state index in [4.69, 9.17) is 17.3 Å². The third-order valence-electron chi connectivity index (χ3n) is 3.64. The molecular formula is C14H19ClN2O. The number of halogens is 1. The van der Waals surface area contributed by atoms with Crippen LogP contribution in [0.2, 0.25) is 5.02 Å². The Balaban J connectivity index is 2.20. The zero-order chi connectivity index (χ0) is 13.3. The molecule has 98 valence electrons. The number of nitrogens with zero attached hydrogens (tertiary/aromatic N) is 1. The number of piperidine rings is 1. The van der Waals surface area contributed by atoms with Gasteiger partial charge >= 0.3 is 0 Å². The summed E-state index contributed by atoms with van der Waals surface area (Å²) in [5, 5.41) is 0.560. The maximum Gasteiger partial charge on any atom is 0.256 e. The van der Waals surface area contributed by atoms with Crippen molar-refractivity contribution < 1.29 is 4.79 Å². The van der Waals surface area contributed by atoms with Crippen molar-refractivity contribution in [3.63, 3.8) is 0 Å². The molecule has 0 radical (unpaired) electrons. The number of nitrogens with two attached hydrogens (primary N) is 1. The smallest absolute Gasteiger partial charge is 0.256 e. The highest BCUT2D eigenvalue weighted by Gasteiger charge is 2.28. The normalized spacial score (nSPS) is 24.1. The van der Waals surface area contributed by atoms with Gasteiger partial charge in [0.15, 0.2) is 0 Å². The molecule has 2 atom stereocenters. The van der Waals surface area contributed by atoms with Crippen LogP contribution in [-0.4, -0.2) is 23.4 Å². The monoisotopic (exact) mass is 266 g/mol. The van der Waals surface area contributed by atoms with Gasteiger partial charge in [-0.05, 0) is 43.9 Å². The van der Waals surface area contributed by atoms with Crippen molar-refractivity contribution in [2.75, 3.05) is 12.3 Å². The van der Waals surface area contributed by atoms with Crippen molar-refractivity contribution in [1.29, 1.82) is 0 Å². The van der Waals surface area contributed by atoms with Crippen molar-refractivity contribution in [2.24, 2.45) is 5.92 Å². The van der Waals surface area contributed by atoms with E-state index in [2.05, 4.69) is 13.8 Å². The van der Waals surface area contributed by atoms with E-state index < -0.39 is 0 Å². The fourth-order valence-electron chi connectivity index (χ4n) is 2.59. The summed E-state index contributed by atoms with van der Waals surface area (Å²) in [6.45, 7) is 5.14. The molecule has 0 spiro atoms. The second-order valence-corrected chi connectivity index (χ2v) is 5.65. The Labute approximate surface area is 113 Å². The van der Waals surface area contributed by atoms with Crippen LogP contribution in [0.5, 0.6) is 0 Å². The predicted molar refractivity (Wildman–Crippen MR) is 74.8 cm³/mol. The zero-order valence-corrected chi connectivity index (χ0v) is 11.6. The molecule has 4 heteroatoms. The summed E-state index contributed by atoms with van der Waals surface area (Å²) in [7, 11) is 0. The molecule has 1 aromatic rings. The molecule has 1 fully saturated rings. The number of benzene rings is 1. The van der Waals surface area contributed by atoms with Crippen molar-refractivity contribution >= 4 is 23.2 Å². The minimum Gasteiger partial charge on any atom is -0.398 e. The van der Waals surface area contributed by atoms with Gasteiger partial charge in [0.25, 0.3) is 5.91 Å². The Morgan fingerprint density at radius 2 is 2.17 bits per heavy atom. The largest absolute Gasteiger partial charge is 0.398 e. The molecule has 1 saturated heterocycles. The van der Waals surface area contributed by atoms with Crippen LogP contribution in [0.3, 0.4) is 0 Å². The molecule has 0 aromatic heterocycles. The van der Waals surface area contributed by atoms with Gasteiger partial charge in [-0.1, -0.05) is 18.5 Å². The molecule has 1 aliphatic rings. The van der Waals surface area contributed by atoms with Gasteiger partial charge in [0.2, 0.25) is 0 Å². The highest BCUT2D eigenvalue weighted by atomic mass is 35.5. The van der Waals surface area contributed by atoms with Crippen LogP contribution in [0.15, 0.2) is 18.2 Å². The molecule has 2 unspecified atom stereocenters. The summed E-state index contributed by atoms with van der Waals surface area (Å²) in [5.74, 6) is 0.704.